The average Bonchev–Trinajstić information content (AvgIpc) is 2.66. The number of hydrogen-bond acceptors (Lipinski definition) is 4. The Labute approximate surface area is 136 Å². The lowest BCUT2D eigenvalue weighted by molar-refractivity contribution is -0.141. The quantitative estimate of drug-likeness (QED) is 0.746. The molecule has 1 saturated heterocycles. The summed E-state index contributed by atoms with van der Waals surface area (Å²) in [5.74, 6) is 0. The van der Waals surface area contributed by atoms with Gasteiger partial charge in [0.2, 0.25) is 0 Å². The van der Waals surface area contributed by atoms with Crippen LogP contribution in [0, 0.1) is 0 Å². The Balaban J connectivity index is 2.08. The second kappa shape index (κ2) is 5.06. The normalized spacial score (nSPS) is 19.9. The van der Waals surface area contributed by atoms with E-state index in [1.165, 1.54) is 12.3 Å². The van der Waals surface area contributed by atoms with Crippen molar-refractivity contribution in [3.05, 3.63) is 40.4 Å². The molecule has 128 valence electrons. The fourth-order valence-corrected chi connectivity index (χ4v) is 2.39. The summed E-state index contributed by atoms with van der Waals surface area (Å²) in [5.41, 5.74) is -2.79. The van der Waals surface area contributed by atoms with Gasteiger partial charge in [-0.05, 0) is 45.3 Å². The van der Waals surface area contributed by atoms with Crippen LogP contribution in [-0.2, 0) is 15.5 Å². The molecule has 0 spiro atoms. The lowest BCUT2D eigenvalue weighted by Gasteiger charge is -2.32. The first kappa shape index (κ1) is 17.0. The Morgan fingerprint density at radius 2 is 1.71 bits per heavy atom. The first-order valence-electron chi connectivity index (χ1n) is 7.37. The van der Waals surface area contributed by atoms with E-state index in [2.05, 4.69) is 4.98 Å². The van der Waals surface area contributed by atoms with E-state index in [-0.39, 0.29) is 5.65 Å². The van der Waals surface area contributed by atoms with Gasteiger partial charge in [0.05, 0.1) is 11.2 Å². The molecule has 2 aromatic heterocycles. The highest BCUT2D eigenvalue weighted by Crippen LogP contribution is 2.36. The van der Waals surface area contributed by atoms with Crippen molar-refractivity contribution in [2.24, 2.45) is 0 Å². The molecule has 3 heterocycles. The maximum absolute atomic E-state index is 12.8. The van der Waals surface area contributed by atoms with Crippen molar-refractivity contribution < 1.29 is 22.5 Å². The number of rotatable bonds is 1. The smallest absolute Gasteiger partial charge is 0.399 e. The number of fused-ring (bicyclic) bond motifs is 1. The van der Waals surface area contributed by atoms with E-state index < -0.39 is 35.7 Å². The van der Waals surface area contributed by atoms with Crippen molar-refractivity contribution in [2.45, 2.75) is 45.1 Å². The number of nitrogens with zero attached hydrogens (tertiary/aromatic N) is 2. The second-order valence-electron chi connectivity index (χ2n) is 6.75. The molecule has 0 aromatic carbocycles. The average molecular weight is 340 g/mol. The molecule has 24 heavy (non-hydrogen) atoms. The fourth-order valence-electron chi connectivity index (χ4n) is 2.39. The molecular weight excluding hydrogens is 324 g/mol. The summed E-state index contributed by atoms with van der Waals surface area (Å²) in [4.78, 5) is 15.4. The Morgan fingerprint density at radius 1 is 1.12 bits per heavy atom. The molecule has 1 aliphatic rings. The summed E-state index contributed by atoms with van der Waals surface area (Å²) in [5, 5.41) is 0. The molecule has 5 nitrogen and oxygen atoms in total. The van der Waals surface area contributed by atoms with Crippen molar-refractivity contribution in [3.8, 4) is 0 Å². The van der Waals surface area contributed by atoms with Gasteiger partial charge in [0.15, 0.2) is 5.69 Å². The lowest BCUT2D eigenvalue weighted by atomic mass is 9.80. The fraction of sp³-hybridized carbons (Fsp3) is 0.467. The van der Waals surface area contributed by atoms with E-state index in [0.717, 1.165) is 4.40 Å². The molecule has 0 unspecified atom stereocenters. The molecule has 9 heteroatoms. The summed E-state index contributed by atoms with van der Waals surface area (Å²) in [7, 11) is -0.744. The van der Waals surface area contributed by atoms with Gasteiger partial charge >= 0.3 is 13.3 Å². The molecule has 0 atom stereocenters. The predicted octanol–water partition coefficient (Wildman–Crippen LogP) is 2.01. The summed E-state index contributed by atoms with van der Waals surface area (Å²) >= 11 is 0. The number of aromatic nitrogens is 2. The van der Waals surface area contributed by atoms with E-state index in [1.807, 2.05) is 27.7 Å². The third kappa shape index (κ3) is 2.71. The van der Waals surface area contributed by atoms with Crippen LogP contribution in [0.2, 0.25) is 0 Å². The van der Waals surface area contributed by atoms with Crippen LogP contribution in [-0.4, -0.2) is 27.7 Å². The van der Waals surface area contributed by atoms with Crippen LogP contribution in [0.15, 0.2) is 29.2 Å². The molecule has 0 amide bonds. The molecule has 0 radical (unpaired) electrons. The second-order valence-corrected chi connectivity index (χ2v) is 6.75. The van der Waals surface area contributed by atoms with E-state index >= 15 is 0 Å². The first-order valence-corrected chi connectivity index (χ1v) is 7.37. The number of alkyl halides is 3. The third-order valence-corrected chi connectivity index (χ3v) is 4.51. The van der Waals surface area contributed by atoms with Gasteiger partial charge in [-0.25, -0.2) is 4.98 Å². The standard InChI is InChI=1S/C15H16BF3N2O3/c1-13(2)14(3,4)24-16(23-13)9-5-6-21-11(7-9)20-10(8-12(21)22)15(17,18)19/h5-8H,1-4H3. The Hall–Kier alpha value is -1.87. The topological polar surface area (TPSA) is 52.8 Å². The Bertz CT molecular complexity index is 845. The van der Waals surface area contributed by atoms with Crippen LogP contribution < -0.4 is 11.0 Å². The zero-order valence-corrected chi connectivity index (χ0v) is 13.6. The Kier molecular flexibility index (Phi) is 3.58. The summed E-state index contributed by atoms with van der Waals surface area (Å²) < 4.78 is 51.3. The van der Waals surface area contributed by atoms with Gasteiger partial charge < -0.3 is 9.31 Å². The van der Waals surface area contributed by atoms with E-state index in [1.54, 1.807) is 6.07 Å². The molecule has 0 aliphatic carbocycles. The molecule has 1 aliphatic heterocycles. The zero-order valence-electron chi connectivity index (χ0n) is 13.6. The molecule has 0 bridgehead atoms. The van der Waals surface area contributed by atoms with Crippen LogP contribution in [0.3, 0.4) is 0 Å². The van der Waals surface area contributed by atoms with Crippen molar-refractivity contribution in [3.63, 3.8) is 0 Å². The maximum Gasteiger partial charge on any atom is 0.495 e. The van der Waals surface area contributed by atoms with Gasteiger partial charge in [0.25, 0.3) is 5.56 Å². The highest BCUT2D eigenvalue weighted by Gasteiger charge is 2.51. The van der Waals surface area contributed by atoms with Gasteiger partial charge in [-0.15, -0.1) is 0 Å². The van der Waals surface area contributed by atoms with E-state index in [9.17, 15) is 18.0 Å². The van der Waals surface area contributed by atoms with Gasteiger partial charge in [0.1, 0.15) is 5.65 Å². The number of halogens is 3. The highest BCUT2D eigenvalue weighted by atomic mass is 19.4. The molecule has 3 rings (SSSR count). The number of hydrogen-bond donors (Lipinski definition) is 0. The van der Waals surface area contributed by atoms with Crippen molar-refractivity contribution in [1.82, 2.24) is 9.38 Å². The summed E-state index contributed by atoms with van der Waals surface area (Å²) in [6, 6.07) is 3.42. The van der Waals surface area contributed by atoms with E-state index in [0.29, 0.717) is 11.5 Å². The highest BCUT2D eigenvalue weighted by molar-refractivity contribution is 6.62. The SMILES string of the molecule is CC1(C)OB(c2ccn3c(=O)cc(C(F)(F)F)nc3c2)OC1(C)C. The van der Waals surface area contributed by atoms with E-state index in [4.69, 9.17) is 9.31 Å². The van der Waals surface area contributed by atoms with Crippen LogP contribution in [0.1, 0.15) is 33.4 Å². The number of pyridine rings is 1. The third-order valence-electron chi connectivity index (χ3n) is 4.51. The summed E-state index contributed by atoms with van der Waals surface area (Å²) in [6.07, 6.45) is -3.32. The largest absolute Gasteiger partial charge is 0.495 e. The molecule has 1 fully saturated rings. The van der Waals surface area contributed by atoms with Gasteiger partial charge in [-0.1, -0.05) is 0 Å². The van der Waals surface area contributed by atoms with Crippen LogP contribution in [0.4, 0.5) is 13.2 Å². The minimum Gasteiger partial charge on any atom is -0.399 e. The molecule has 0 N–H and O–H groups in total. The van der Waals surface area contributed by atoms with Crippen LogP contribution >= 0.6 is 0 Å². The van der Waals surface area contributed by atoms with Gasteiger partial charge in [-0.2, -0.15) is 13.2 Å². The van der Waals surface area contributed by atoms with Crippen molar-refractivity contribution in [2.75, 3.05) is 0 Å². The van der Waals surface area contributed by atoms with Crippen LogP contribution in [0.5, 0.6) is 0 Å². The predicted molar refractivity (Wildman–Crippen MR) is 82.2 cm³/mol. The monoisotopic (exact) mass is 340 g/mol. The van der Waals surface area contributed by atoms with Crippen LogP contribution in [0.25, 0.3) is 5.65 Å². The Morgan fingerprint density at radius 3 is 2.25 bits per heavy atom. The minimum atomic E-state index is -4.69. The lowest BCUT2D eigenvalue weighted by Crippen LogP contribution is -2.41. The zero-order chi connectivity index (χ0) is 17.9. The van der Waals surface area contributed by atoms with Crippen molar-refractivity contribution >= 4 is 18.2 Å². The molecule has 0 saturated carbocycles. The van der Waals surface area contributed by atoms with Gasteiger partial charge in [-0.3, -0.25) is 9.20 Å². The minimum absolute atomic E-state index is 0.109. The van der Waals surface area contributed by atoms with Gasteiger partial charge in [0, 0.05) is 12.3 Å². The molecule has 2 aromatic rings. The van der Waals surface area contributed by atoms with Crippen molar-refractivity contribution in [1.29, 1.82) is 0 Å². The first-order chi connectivity index (χ1) is 10.9. The molecular formula is C15H16BF3N2O3. The summed E-state index contributed by atoms with van der Waals surface area (Å²) in [6.45, 7) is 7.49. The maximum atomic E-state index is 12.8.